The normalized spacial score (nSPS) is 9.56. The molecule has 0 aliphatic rings. The van der Waals surface area contributed by atoms with E-state index in [4.69, 9.17) is 20.8 Å². The van der Waals surface area contributed by atoms with Gasteiger partial charge in [-0.2, -0.15) is 0 Å². The van der Waals surface area contributed by atoms with E-state index in [1.54, 1.807) is 6.07 Å². The van der Waals surface area contributed by atoms with Gasteiger partial charge in [-0.1, -0.05) is 11.6 Å². The van der Waals surface area contributed by atoms with Crippen molar-refractivity contribution in [2.75, 3.05) is 6.07 Å². The van der Waals surface area contributed by atoms with Crippen molar-refractivity contribution in [3.63, 3.8) is 0 Å². The minimum absolute atomic E-state index is 0.132. The fourth-order valence-corrected chi connectivity index (χ4v) is 0.651. The molecule has 0 aromatic carbocycles. The lowest BCUT2D eigenvalue weighted by atomic mass is 10.5. The maximum Gasteiger partial charge on any atom is 0.285 e. The van der Waals surface area contributed by atoms with Gasteiger partial charge in [-0.15, -0.1) is 0 Å². The first-order valence-electron chi connectivity index (χ1n) is 2.58. The predicted octanol–water partition coefficient (Wildman–Crippen LogP) is 2.16. The summed E-state index contributed by atoms with van der Waals surface area (Å²) in [7, 11) is 0. The molecule has 0 N–H and O–H groups in total. The van der Waals surface area contributed by atoms with Crippen LogP contribution in [0.2, 0.25) is 0 Å². The van der Waals surface area contributed by atoms with Gasteiger partial charge in [0, 0.05) is 6.07 Å². The molecule has 2 nitrogen and oxygen atoms in total. The molecular formula is C6H7ClO2. The van der Waals surface area contributed by atoms with E-state index in [1.807, 2.05) is 13.0 Å². The van der Waals surface area contributed by atoms with Crippen LogP contribution in [0.4, 0.5) is 0 Å². The van der Waals surface area contributed by atoms with Crippen molar-refractivity contribution >= 4 is 11.6 Å². The van der Waals surface area contributed by atoms with Crippen LogP contribution in [0.15, 0.2) is 16.5 Å². The zero-order valence-corrected chi connectivity index (χ0v) is 5.81. The minimum Gasteiger partial charge on any atom is -0.449 e. The highest BCUT2D eigenvalue weighted by Gasteiger charge is 1.95. The van der Waals surface area contributed by atoms with E-state index in [9.17, 15) is 0 Å². The topological polar surface area (TPSA) is 22.4 Å². The van der Waals surface area contributed by atoms with Crippen molar-refractivity contribution in [3.8, 4) is 5.95 Å². The lowest BCUT2D eigenvalue weighted by molar-refractivity contribution is 0.282. The molecule has 0 atom stereocenters. The highest BCUT2D eigenvalue weighted by atomic mass is 35.5. The Hall–Kier alpha value is -0.630. The first kappa shape index (κ1) is 6.49. The number of furan rings is 1. The Morgan fingerprint density at radius 3 is 2.89 bits per heavy atom. The summed E-state index contributed by atoms with van der Waals surface area (Å²) in [6.45, 7) is 1.85. The van der Waals surface area contributed by atoms with Crippen molar-refractivity contribution in [1.82, 2.24) is 0 Å². The Kier molecular flexibility index (Phi) is 2.01. The van der Waals surface area contributed by atoms with E-state index in [2.05, 4.69) is 0 Å². The fourth-order valence-electron chi connectivity index (χ4n) is 0.543. The highest BCUT2D eigenvalue weighted by molar-refractivity contribution is 6.17. The molecule has 3 heteroatoms. The molecule has 0 amide bonds. The van der Waals surface area contributed by atoms with Crippen LogP contribution in [-0.4, -0.2) is 6.07 Å². The molecule has 1 rings (SSSR count). The van der Waals surface area contributed by atoms with E-state index in [0.29, 0.717) is 5.95 Å². The summed E-state index contributed by atoms with van der Waals surface area (Å²) in [5.41, 5.74) is 0. The predicted molar refractivity (Wildman–Crippen MR) is 34.8 cm³/mol. The second-order valence-electron chi connectivity index (χ2n) is 1.62. The molecule has 0 aliphatic carbocycles. The summed E-state index contributed by atoms with van der Waals surface area (Å²) in [5.74, 6) is 1.30. The minimum atomic E-state index is 0.132. The van der Waals surface area contributed by atoms with Crippen LogP contribution in [0.3, 0.4) is 0 Å². The lowest BCUT2D eigenvalue weighted by Crippen LogP contribution is -1.84. The number of rotatable bonds is 2. The van der Waals surface area contributed by atoms with E-state index in [0.717, 1.165) is 5.76 Å². The van der Waals surface area contributed by atoms with Crippen molar-refractivity contribution < 1.29 is 9.15 Å². The van der Waals surface area contributed by atoms with Gasteiger partial charge in [0.05, 0.1) is 0 Å². The van der Waals surface area contributed by atoms with Gasteiger partial charge in [0.25, 0.3) is 5.95 Å². The average Bonchev–Trinajstić information content (AvgIpc) is 2.17. The quantitative estimate of drug-likeness (QED) is 0.597. The first-order chi connectivity index (χ1) is 4.33. The summed E-state index contributed by atoms with van der Waals surface area (Å²) in [5, 5.41) is 0. The zero-order valence-electron chi connectivity index (χ0n) is 5.06. The van der Waals surface area contributed by atoms with Gasteiger partial charge in [0.2, 0.25) is 0 Å². The van der Waals surface area contributed by atoms with Crippen LogP contribution in [0, 0.1) is 6.92 Å². The van der Waals surface area contributed by atoms with Gasteiger partial charge in [-0.25, -0.2) is 0 Å². The summed E-state index contributed by atoms with van der Waals surface area (Å²) >= 11 is 5.26. The molecule has 0 spiro atoms. The molecule has 50 valence electrons. The van der Waals surface area contributed by atoms with E-state index < -0.39 is 0 Å². The molecule has 0 aliphatic heterocycles. The maximum atomic E-state index is 5.26. The monoisotopic (exact) mass is 146 g/mol. The Balaban J connectivity index is 2.61. The standard InChI is InChI=1S/C6H7ClO2/c1-5-2-3-6(9-5)8-4-7/h2-3H,4H2,1H3. The maximum absolute atomic E-state index is 5.26. The third-order valence-corrected chi connectivity index (χ3v) is 1.02. The SMILES string of the molecule is Cc1ccc(OCCl)o1. The summed E-state index contributed by atoms with van der Waals surface area (Å²) in [6.07, 6.45) is 0. The van der Waals surface area contributed by atoms with E-state index in [1.165, 1.54) is 0 Å². The van der Waals surface area contributed by atoms with Crippen LogP contribution < -0.4 is 4.74 Å². The van der Waals surface area contributed by atoms with Crippen LogP contribution >= 0.6 is 11.6 Å². The van der Waals surface area contributed by atoms with Gasteiger partial charge in [0.15, 0.2) is 6.07 Å². The average molecular weight is 147 g/mol. The van der Waals surface area contributed by atoms with Crippen LogP contribution in [-0.2, 0) is 0 Å². The van der Waals surface area contributed by atoms with Gasteiger partial charge >= 0.3 is 0 Å². The Morgan fingerprint density at radius 1 is 1.67 bits per heavy atom. The van der Waals surface area contributed by atoms with E-state index in [-0.39, 0.29) is 6.07 Å². The van der Waals surface area contributed by atoms with Crippen molar-refractivity contribution in [2.24, 2.45) is 0 Å². The lowest BCUT2D eigenvalue weighted by Gasteiger charge is -1.92. The second-order valence-corrected chi connectivity index (χ2v) is 1.84. The molecular weight excluding hydrogens is 140 g/mol. The molecule has 0 saturated heterocycles. The summed E-state index contributed by atoms with van der Waals surface area (Å²) in [4.78, 5) is 0. The number of aryl methyl sites for hydroxylation is 1. The Bertz CT molecular complexity index is 183. The number of hydrogen-bond donors (Lipinski definition) is 0. The third-order valence-electron chi connectivity index (χ3n) is 0.913. The summed E-state index contributed by atoms with van der Waals surface area (Å²) in [6, 6.07) is 3.69. The first-order valence-corrected chi connectivity index (χ1v) is 3.11. The molecule has 1 aromatic rings. The van der Waals surface area contributed by atoms with Crippen LogP contribution in [0.25, 0.3) is 0 Å². The number of hydrogen-bond acceptors (Lipinski definition) is 2. The van der Waals surface area contributed by atoms with E-state index >= 15 is 0 Å². The van der Waals surface area contributed by atoms with Crippen LogP contribution in [0.1, 0.15) is 5.76 Å². The summed E-state index contributed by atoms with van der Waals surface area (Å²) < 4.78 is 9.84. The molecule has 1 heterocycles. The fraction of sp³-hybridized carbons (Fsp3) is 0.333. The number of halogens is 1. The molecule has 0 bridgehead atoms. The molecule has 9 heavy (non-hydrogen) atoms. The largest absolute Gasteiger partial charge is 0.449 e. The van der Waals surface area contributed by atoms with Gasteiger partial charge in [-0.05, 0) is 13.0 Å². The Morgan fingerprint density at radius 2 is 2.44 bits per heavy atom. The molecule has 0 unspecified atom stereocenters. The highest BCUT2D eigenvalue weighted by Crippen LogP contribution is 2.14. The zero-order chi connectivity index (χ0) is 6.69. The Labute approximate surface area is 58.4 Å². The van der Waals surface area contributed by atoms with Gasteiger partial charge < -0.3 is 9.15 Å². The molecule has 1 aromatic heterocycles. The van der Waals surface area contributed by atoms with Crippen LogP contribution in [0.5, 0.6) is 5.95 Å². The molecule has 0 fully saturated rings. The number of alkyl halides is 1. The van der Waals surface area contributed by atoms with Crippen molar-refractivity contribution in [1.29, 1.82) is 0 Å². The van der Waals surface area contributed by atoms with Crippen molar-refractivity contribution in [3.05, 3.63) is 17.9 Å². The van der Waals surface area contributed by atoms with Gasteiger partial charge in [0.1, 0.15) is 5.76 Å². The number of ether oxygens (including phenoxy) is 1. The second kappa shape index (κ2) is 2.78. The molecule has 0 radical (unpaired) electrons. The molecule has 0 saturated carbocycles. The smallest absolute Gasteiger partial charge is 0.285 e. The van der Waals surface area contributed by atoms with Gasteiger partial charge in [-0.3, -0.25) is 0 Å². The van der Waals surface area contributed by atoms with Crippen molar-refractivity contribution in [2.45, 2.75) is 6.92 Å². The third kappa shape index (κ3) is 1.64.